The maximum atomic E-state index is 5.82. The molecular weight excluding hydrogens is 252 g/mol. The number of aryl methyl sites for hydroxylation is 1. The van der Waals surface area contributed by atoms with Crippen LogP contribution in [0.15, 0.2) is 36.7 Å². The average Bonchev–Trinajstić information content (AvgIpc) is 2.89. The summed E-state index contributed by atoms with van der Waals surface area (Å²) in [5.74, 6) is 2.72. The van der Waals surface area contributed by atoms with Crippen molar-refractivity contribution in [2.75, 3.05) is 13.2 Å². The van der Waals surface area contributed by atoms with Crippen molar-refractivity contribution in [2.45, 2.75) is 33.2 Å². The Morgan fingerprint density at radius 2 is 1.85 bits per heavy atom. The Kier molecular flexibility index (Phi) is 5.47. The minimum atomic E-state index is 0.608. The second-order valence-corrected chi connectivity index (χ2v) is 4.52. The highest BCUT2D eigenvalue weighted by molar-refractivity contribution is 5.39. The van der Waals surface area contributed by atoms with Crippen molar-refractivity contribution in [3.8, 4) is 11.5 Å². The molecule has 108 valence electrons. The van der Waals surface area contributed by atoms with Gasteiger partial charge in [-0.05, 0) is 25.5 Å². The topological polar surface area (TPSA) is 36.3 Å². The van der Waals surface area contributed by atoms with E-state index in [9.17, 15) is 0 Å². The third kappa shape index (κ3) is 3.76. The Hall–Kier alpha value is -1.97. The largest absolute Gasteiger partial charge is 0.490 e. The third-order valence-corrected chi connectivity index (χ3v) is 3.01. The van der Waals surface area contributed by atoms with Crippen molar-refractivity contribution in [3.05, 3.63) is 42.5 Å². The van der Waals surface area contributed by atoms with Gasteiger partial charge >= 0.3 is 0 Å². The fourth-order valence-electron chi connectivity index (χ4n) is 2.09. The van der Waals surface area contributed by atoms with Crippen molar-refractivity contribution in [1.29, 1.82) is 0 Å². The SMILES string of the molecule is CCCc1nccn1CCOc1ccccc1OCC. The number of hydrogen-bond acceptors (Lipinski definition) is 3. The molecule has 0 saturated carbocycles. The number of nitrogens with zero attached hydrogens (tertiary/aromatic N) is 2. The Morgan fingerprint density at radius 3 is 2.55 bits per heavy atom. The molecule has 4 heteroatoms. The van der Waals surface area contributed by atoms with E-state index in [1.165, 1.54) is 0 Å². The standard InChI is InChI=1S/C16H22N2O2/c1-3-7-16-17-10-11-18(16)12-13-20-15-9-6-5-8-14(15)19-4-2/h5-6,8-11H,3-4,7,12-13H2,1-2H3. The summed E-state index contributed by atoms with van der Waals surface area (Å²) in [7, 11) is 0. The van der Waals surface area contributed by atoms with Crippen LogP contribution in [0.5, 0.6) is 11.5 Å². The Balaban J connectivity index is 1.91. The first kappa shape index (κ1) is 14.4. The molecule has 0 N–H and O–H groups in total. The van der Waals surface area contributed by atoms with Crippen LogP contribution in [0.4, 0.5) is 0 Å². The van der Waals surface area contributed by atoms with E-state index in [0.29, 0.717) is 13.2 Å². The third-order valence-electron chi connectivity index (χ3n) is 3.01. The van der Waals surface area contributed by atoms with Crippen molar-refractivity contribution < 1.29 is 9.47 Å². The lowest BCUT2D eigenvalue weighted by Crippen LogP contribution is -2.11. The number of para-hydroxylation sites is 2. The molecule has 1 aromatic heterocycles. The lowest BCUT2D eigenvalue weighted by Gasteiger charge is -2.12. The number of aromatic nitrogens is 2. The lowest BCUT2D eigenvalue weighted by molar-refractivity contribution is 0.265. The van der Waals surface area contributed by atoms with E-state index in [2.05, 4.69) is 16.5 Å². The smallest absolute Gasteiger partial charge is 0.161 e. The summed E-state index contributed by atoms with van der Waals surface area (Å²) >= 11 is 0. The molecule has 4 nitrogen and oxygen atoms in total. The van der Waals surface area contributed by atoms with Crippen LogP contribution < -0.4 is 9.47 Å². The zero-order valence-electron chi connectivity index (χ0n) is 12.2. The molecule has 2 rings (SSSR count). The van der Waals surface area contributed by atoms with E-state index < -0.39 is 0 Å². The van der Waals surface area contributed by atoms with Crippen molar-refractivity contribution in [3.63, 3.8) is 0 Å². The van der Waals surface area contributed by atoms with E-state index in [-0.39, 0.29) is 0 Å². The van der Waals surface area contributed by atoms with Crippen LogP contribution in [-0.4, -0.2) is 22.8 Å². The van der Waals surface area contributed by atoms with Crippen LogP contribution in [0.2, 0.25) is 0 Å². The molecule has 0 amide bonds. The van der Waals surface area contributed by atoms with Crippen LogP contribution in [-0.2, 0) is 13.0 Å². The average molecular weight is 274 g/mol. The molecule has 0 atom stereocenters. The summed E-state index contributed by atoms with van der Waals surface area (Å²) in [6, 6.07) is 7.77. The van der Waals surface area contributed by atoms with Gasteiger partial charge in [-0.25, -0.2) is 4.98 Å². The minimum absolute atomic E-state index is 0.608. The summed E-state index contributed by atoms with van der Waals surface area (Å²) < 4.78 is 13.5. The van der Waals surface area contributed by atoms with Gasteiger partial charge in [-0.2, -0.15) is 0 Å². The molecule has 0 aliphatic carbocycles. The number of hydrogen-bond donors (Lipinski definition) is 0. The summed E-state index contributed by atoms with van der Waals surface area (Å²) in [5, 5.41) is 0. The monoisotopic (exact) mass is 274 g/mol. The highest BCUT2D eigenvalue weighted by Gasteiger charge is 2.05. The summed E-state index contributed by atoms with van der Waals surface area (Å²) in [5.41, 5.74) is 0. The molecule has 0 aliphatic heterocycles. The molecule has 1 heterocycles. The molecule has 20 heavy (non-hydrogen) atoms. The number of ether oxygens (including phenoxy) is 2. The second kappa shape index (κ2) is 7.58. The van der Waals surface area contributed by atoms with Gasteiger partial charge in [0.15, 0.2) is 11.5 Å². The maximum Gasteiger partial charge on any atom is 0.161 e. The highest BCUT2D eigenvalue weighted by Crippen LogP contribution is 2.26. The maximum absolute atomic E-state index is 5.82. The van der Waals surface area contributed by atoms with Gasteiger partial charge in [0.05, 0.1) is 13.2 Å². The number of benzene rings is 1. The summed E-state index contributed by atoms with van der Waals surface area (Å²) in [6.07, 6.45) is 5.95. The predicted molar refractivity (Wildman–Crippen MR) is 79.3 cm³/mol. The van der Waals surface area contributed by atoms with Crippen molar-refractivity contribution in [2.24, 2.45) is 0 Å². The Labute approximate surface area is 120 Å². The molecule has 2 aromatic rings. The summed E-state index contributed by atoms with van der Waals surface area (Å²) in [6.45, 7) is 6.18. The molecule has 0 fully saturated rings. The fourth-order valence-corrected chi connectivity index (χ4v) is 2.09. The molecule has 0 aliphatic rings. The van der Waals surface area contributed by atoms with E-state index in [1.54, 1.807) is 0 Å². The zero-order chi connectivity index (χ0) is 14.2. The van der Waals surface area contributed by atoms with Crippen LogP contribution >= 0.6 is 0 Å². The van der Waals surface area contributed by atoms with Gasteiger partial charge in [-0.15, -0.1) is 0 Å². The van der Waals surface area contributed by atoms with Gasteiger partial charge in [-0.1, -0.05) is 19.1 Å². The quantitative estimate of drug-likeness (QED) is 0.741. The predicted octanol–water partition coefficient (Wildman–Crippen LogP) is 3.31. The lowest BCUT2D eigenvalue weighted by atomic mass is 10.3. The van der Waals surface area contributed by atoms with E-state index >= 15 is 0 Å². The van der Waals surface area contributed by atoms with E-state index in [4.69, 9.17) is 9.47 Å². The molecule has 0 bridgehead atoms. The highest BCUT2D eigenvalue weighted by atomic mass is 16.5. The number of imidazole rings is 1. The molecule has 0 radical (unpaired) electrons. The van der Waals surface area contributed by atoms with Gasteiger partial charge in [0.2, 0.25) is 0 Å². The second-order valence-electron chi connectivity index (χ2n) is 4.52. The van der Waals surface area contributed by atoms with Gasteiger partial charge in [0, 0.05) is 18.8 Å². The molecule has 0 saturated heterocycles. The Morgan fingerprint density at radius 1 is 1.10 bits per heavy atom. The van der Waals surface area contributed by atoms with Gasteiger partial charge < -0.3 is 14.0 Å². The van der Waals surface area contributed by atoms with Crippen LogP contribution in [0.25, 0.3) is 0 Å². The first-order valence-electron chi connectivity index (χ1n) is 7.19. The first-order chi connectivity index (χ1) is 9.85. The van der Waals surface area contributed by atoms with Crippen LogP contribution in [0, 0.1) is 0 Å². The Bertz CT molecular complexity index is 523. The van der Waals surface area contributed by atoms with E-state index in [0.717, 1.165) is 36.7 Å². The first-order valence-corrected chi connectivity index (χ1v) is 7.19. The minimum Gasteiger partial charge on any atom is -0.490 e. The van der Waals surface area contributed by atoms with Gasteiger partial charge in [0.1, 0.15) is 12.4 Å². The van der Waals surface area contributed by atoms with Crippen molar-refractivity contribution >= 4 is 0 Å². The van der Waals surface area contributed by atoms with E-state index in [1.807, 2.05) is 43.6 Å². The van der Waals surface area contributed by atoms with Crippen LogP contribution in [0.1, 0.15) is 26.1 Å². The fraction of sp³-hybridized carbons (Fsp3) is 0.438. The van der Waals surface area contributed by atoms with Gasteiger partial charge in [0.25, 0.3) is 0 Å². The normalized spacial score (nSPS) is 10.5. The zero-order valence-corrected chi connectivity index (χ0v) is 12.2. The number of rotatable bonds is 8. The summed E-state index contributed by atoms with van der Waals surface area (Å²) in [4.78, 5) is 4.36. The molecule has 0 spiro atoms. The molecule has 1 aromatic carbocycles. The van der Waals surface area contributed by atoms with Crippen LogP contribution in [0.3, 0.4) is 0 Å². The van der Waals surface area contributed by atoms with Gasteiger partial charge in [-0.3, -0.25) is 0 Å². The molecular formula is C16H22N2O2. The molecule has 0 unspecified atom stereocenters. The van der Waals surface area contributed by atoms with Crippen molar-refractivity contribution in [1.82, 2.24) is 9.55 Å².